The lowest BCUT2D eigenvalue weighted by Crippen LogP contribution is -2.07. The molecule has 3 aromatic rings. The van der Waals surface area contributed by atoms with Gasteiger partial charge < -0.3 is 10.4 Å². The molecule has 0 aliphatic rings. The Bertz CT molecular complexity index is 823. The van der Waals surface area contributed by atoms with E-state index in [0.717, 1.165) is 33.9 Å². The average molecular weight is 327 g/mol. The summed E-state index contributed by atoms with van der Waals surface area (Å²) in [5, 5.41) is 28.3. The number of benzene rings is 1. The number of aromatic nitrogens is 6. The predicted molar refractivity (Wildman–Crippen MR) is 90.0 cm³/mol. The third-order valence-electron chi connectivity index (χ3n) is 4.12. The van der Waals surface area contributed by atoms with Crippen molar-refractivity contribution < 1.29 is 5.11 Å². The Morgan fingerprint density at radius 2 is 2.04 bits per heavy atom. The van der Waals surface area contributed by atoms with Gasteiger partial charge in [-0.2, -0.15) is 5.10 Å². The number of tetrazole rings is 1. The van der Waals surface area contributed by atoms with Gasteiger partial charge in [-0.3, -0.25) is 4.68 Å². The molecule has 0 fully saturated rings. The SMILES string of the molecule is Cc1ccc(NCc2c(C)nn(CCO)c2C)cc1-n1cnnn1. The number of hydrogen-bond donors (Lipinski definition) is 2. The molecule has 2 N–H and O–H groups in total. The lowest BCUT2D eigenvalue weighted by Gasteiger charge is -2.11. The van der Waals surface area contributed by atoms with Crippen molar-refractivity contribution in [1.82, 2.24) is 30.0 Å². The summed E-state index contributed by atoms with van der Waals surface area (Å²) in [5.41, 5.74) is 6.21. The number of aliphatic hydroxyl groups excluding tert-OH is 1. The van der Waals surface area contributed by atoms with Crippen LogP contribution in [0.5, 0.6) is 0 Å². The van der Waals surface area contributed by atoms with Crippen molar-refractivity contribution in [3.05, 3.63) is 47.0 Å². The fraction of sp³-hybridized carbons (Fsp3) is 0.375. The first kappa shape index (κ1) is 16.1. The second-order valence-electron chi connectivity index (χ2n) is 5.71. The van der Waals surface area contributed by atoms with Crippen molar-refractivity contribution in [2.75, 3.05) is 11.9 Å². The minimum atomic E-state index is 0.0854. The van der Waals surface area contributed by atoms with Crippen molar-refractivity contribution in [2.24, 2.45) is 0 Å². The Morgan fingerprint density at radius 1 is 1.21 bits per heavy atom. The topological polar surface area (TPSA) is 93.7 Å². The zero-order valence-electron chi connectivity index (χ0n) is 14.1. The molecule has 126 valence electrons. The van der Waals surface area contributed by atoms with Crippen LogP contribution in [0.4, 0.5) is 5.69 Å². The number of nitrogens with one attached hydrogen (secondary N) is 1. The summed E-state index contributed by atoms with van der Waals surface area (Å²) >= 11 is 0. The second-order valence-corrected chi connectivity index (χ2v) is 5.71. The van der Waals surface area contributed by atoms with Crippen LogP contribution in [0.1, 0.15) is 22.5 Å². The van der Waals surface area contributed by atoms with Gasteiger partial charge in [0, 0.05) is 23.5 Å². The van der Waals surface area contributed by atoms with Gasteiger partial charge in [-0.25, -0.2) is 4.68 Å². The highest BCUT2D eigenvalue weighted by Crippen LogP contribution is 2.20. The van der Waals surface area contributed by atoms with Crippen LogP contribution in [-0.4, -0.2) is 41.7 Å². The first-order valence-corrected chi connectivity index (χ1v) is 7.81. The highest BCUT2D eigenvalue weighted by atomic mass is 16.3. The Kier molecular flexibility index (Phi) is 4.57. The van der Waals surface area contributed by atoms with Crippen LogP contribution in [-0.2, 0) is 13.1 Å². The third kappa shape index (κ3) is 3.13. The van der Waals surface area contributed by atoms with Gasteiger partial charge >= 0.3 is 0 Å². The average Bonchev–Trinajstić information content (AvgIpc) is 3.17. The lowest BCUT2D eigenvalue weighted by molar-refractivity contribution is 0.268. The van der Waals surface area contributed by atoms with Crippen LogP contribution in [0.2, 0.25) is 0 Å². The number of nitrogens with zero attached hydrogens (tertiary/aromatic N) is 6. The lowest BCUT2D eigenvalue weighted by atomic mass is 10.1. The van der Waals surface area contributed by atoms with Crippen molar-refractivity contribution >= 4 is 5.69 Å². The van der Waals surface area contributed by atoms with Crippen molar-refractivity contribution in [3.8, 4) is 5.69 Å². The maximum Gasteiger partial charge on any atom is 0.143 e. The largest absolute Gasteiger partial charge is 0.394 e. The predicted octanol–water partition coefficient (Wildman–Crippen LogP) is 1.39. The van der Waals surface area contributed by atoms with Gasteiger partial charge in [0.15, 0.2) is 0 Å². The highest BCUT2D eigenvalue weighted by molar-refractivity contribution is 5.54. The normalized spacial score (nSPS) is 11.0. The van der Waals surface area contributed by atoms with E-state index in [1.165, 1.54) is 0 Å². The van der Waals surface area contributed by atoms with Gasteiger partial charge in [0.1, 0.15) is 6.33 Å². The van der Waals surface area contributed by atoms with Gasteiger partial charge in [-0.05, 0) is 48.9 Å². The fourth-order valence-corrected chi connectivity index (χ4v) is 2.73. The molecule has 8 heteroatoms. The summed E-state index contributed by atoms with van der Waals surface area (Å²) < 4.78 is 3.49. The van der Waals surface area contributed by atoms with Crippen molar-refractivity contribution in [2.45, 2.75) is 33.9 Å². The van der Waals surface area contributed by atoms with E-state index in [1.54, 1.807) is 11.0 Å². The molecule has 3 rings (SSSR count). The van der Waals surface area contributed by atoms with E-state index in [-0.39, 0.29) is 6.61 Å². The first-order valence-electron chi connectivity index (χ1n) is 7.81. The number of hydrogen-bond acceptors (Lipinski definition) is 6. The van der Waals surface area contributed by atoms with Crippen LogP contribution in [0, 0.1) is 20.8 Å². The van der Waals surface area contributed by atoms with Gasteiger partial charge in [-0.15, -0.1) is 5.10 Å². The summed E-state index contributed by atoms with van der Waals surface area (Å²) in [6.07, 6.45) is 1.58. The van der Waals surface area contributed by atoms with Crippen LogP contribution < -0.4 is 5.32 Å². The molecular weight excluding hydrogens is 306 g/mol. The molecule has 0 atom stereocenters. The highest BCUT2D eigenvalue weighted by Gasteiger charge is 2.11. The summed E-state index contributed by atoms with van der Waals surface area (Å²) in [5.74, 6) is 0. The van der Waals surface area contributed by atoms with E-state index in [4.69, 9.17) is 5.11 Å². The third-order valence-corrected chi connectivity index (χ3v) is 4.12. The summed E-state index contributed by atoms with van der Waals surface area (Å²) in [4.78, 5) is 0. The quantitative estimate of drug-likeness (QED) is 0.710. The Balaban J connectivity index is 1.79. The molecule has 0 bridgehead atoms. The second kappa shape index (κ2) is 6.79. The fourth-order valence-electron chi connectivity index (χ4n) is 2.73. The molecule has 8 nitrogen and oxygen atoms in total. The molecule has 0 radical (unpaired) electrons. The summed E-state index contributed by atoms with van der Waals surface area (Å²) in [7, 11) is 0. The number of rotatable bonds is 6. The summed E-state index contributed by atoms with van der Waals surface area (Å²) in [6, 6.07) is 6.09. The Labute approximate surface area is 140 Å². The van der Waals surface area contributed by atoms with E-state index in [0.29, 0.717) is 13.1 Å². The van der Waals surface area contributed by atoms with Gasteiger partial charge in [0.2, 0.25) is 0 Å². The molecule has 0 aliphatic carbocycles. The minimum Gasteiger partial charge on any atom is -0.394 e. The molecule has 0 amide bonds. The van der Waals surface area contributed by atoms with Crippen LogP contribution in [0.15, 0.2) is 24.5 Å². The van der Waals surface area contributed by atoms with Gasteiger partial charge in [0.25, 0.3) is 0 Å². The molecular formula is C16H21N7O. The van der Waals surface area contributed by atoms with Crippen molar-refractivity contribution in [1.29, 1.82) is 0 Å². The van der Waals surface area contributed by atoms with Crippen LogP contribution in [0.25, 0.3) is 5.69 Å². The molecule has 0 spiro atoms. The minimum absolute atomic E-state index is 0.0854. The van der Waals surface area contributed by atoms with E-state index in [2.05, 4.69) is 25.9 Å². The van der Waals surface area contributed by atoms with E-state index < -0.39 is 0 Å². The molecule has 0 saturated carbocycles. The number of aryl methyl sites for hydroxylation is 2. The van der Waals surface area contributed by atoms with Crippen LogP contribution >= 0.6 is 0 Å². The number of anilines is 1. The maximum atomic E-state index is 9.10. The maximum absolute atomic E-state index is 9.10. The van der Waals surface area contributed by atoms with E-state index >= 15 is 0 Å². The monoisotopic (exact) mass is 327 g/mol. The zero-order valence-corrected chi connectivity index (χ0v) is 14.1. The van der Waals surface area contributed by atoms with Gasteiger partial charge in [-0.1, -0.05) is 6.07 Å². The Morgan fingerprint density at radius 3 is 2.75 bits per heavy atom. The van der Waals surface area contributed by atoms with Crippen molar-refractivity contribution in [3.63, 3.8) is 0 Å². The molecule has 1 aromatic carbocycles. The zero-order chi connectivity index (χ0) is 17.1. The Hall–Kier alpha value is -2.74. The summed E-state index contributed by atoms with van der Waals surface area (Å²) in [6.45, 7) is 7.30. The molecule has 0 unspecified atom stereocenters. The smallest absolute Gasteiger partial charge is 0.143 e. The molecule has 0 saturated heterocycles. The molecule has 24 heavy (non-hydrogen) atoms. The van der Waals surface area contributed by atoms with E-state index in [9.17, 15) is 0 Å². The molecule has 2 aromatic heterocycles. The molecule has 0 aliphatic heterocycles. The van der Waals surface area contributed by atoms with Gasteiger partial charge in [0.05, 0.1) is 24.5 Å². The molecule has 2 heterocycles. The standard InChI is InChI=1S/C16H21N7O/c1-11-4-5-14(8-16(11)23-10-18-20-21-23)17-9-15-12(2)19-22(6-7-24)13(15)3/h4-5,8,10,17,24H,6-7,9H2,1-3H3. The van der Waals surface area contributed by atoms with E-state index in [1.807, 2.05) is 43.7 Å². The first-order chi connectivity index (χ1) is 11.6. The number of aliphatic hydroxyl groups is 1. The van der Waals surface area contributed by atoms with Crippen LogP contribution in [0.3, 0.4) is 0 Å².